The standard InChI is InChI=1S/C11H20N6S/c1-11(2,10(12)18)17-6-4-16(5-7-17)9-8-13-14-15(9)3/h8H,4-7H2,1-3H3,(H2,12,18). The topological polar surface area (TPSA) is 63.2 Å². The summed E-state index contributed by atoms with van der Waals surface area (Å²) in [6.45, 7) is 7.92. The van der Waals surface area contributed by atoms with Crippen LogP contribution in [0.3, 0.4) is 0 Å². The summed E-state index contributed by atoms with van der Waals surface area (Å²) >= 11 is 5.14. The monoisotopic (exact) mass is 268 g/mol. The summed E-state index contributed by atoms with van der Waals surface area (Å²) in [7, 11) is 1.91. The summed E-state index contributed by atoms with van der Waals surface area (Å²) in [5.74, 6) is 1.06. The van der Waals surface area contributed by atoms with Gasteiger partial charge in [-0.05, 0) is 13.8 Å². The van der Waals surface area contributed by atoms with Gasteiger partial charge in [-0.2, -0.15) is 0 Å². The van der Waals surface area contributed by atoms with Crippen LogP contribution in [-0.2, 0) is 7.05 Å². The van der Waals surface area contributed by atoms with Crippen LogP contribution in [0.2, 0.25) is 0 Å². The van der Waals surface area contributed by atoms with Crippen molar-refractivity contribution in [3.63, 3.8) is 0 Å². The van der Waals surface area contributed by atoms with E-state index in [1.807, 2.05) is 7.05 Å². The summed E-state index contributed by atoms with van der Waals surface area (Å²) in [6, 6.07) is 0. The Morgan fingerprint density at radius 3 is 2.39 bits per heavy atom. The van der Waals surface area contributed by atoms with E-state index in [-0.39, 0.29) is 5.54 Å². The maximum absolute atomic E-state index is 5.81. The first-order valence-corrected chi connectivity index (χ1v) is 6.48. The number of piperazine rings is 1. The molecule has 6 nitrogen and oxygen atoms in total. The Bertz CT molecular complexity index is 432. The molecule has 1 aliphatic heterocycles. The van der Waals surface area contributed by atoms with Crippen LogP contribution in [0.15, 0.2) is 6.20 Å². The molecule has 0 bridgehead atoms. The van der Waals surface area contributed by atoms with Crippen LogP contribution in [0.1, 0.15) is 13.8 Å². The third-order valence-electron chi connectivity index (χ3n) is 3.69. The minimum Gasteiger partial charge on any atom is -0.392 e. The molecule has 1 saturated heterocycles. The highest BCUT2D eigenvalue weighted by molar-refractivity contribution is 7.80. The van der Waals surface area contributed by atoms with Crippen molar-refractivity contribution in [2.24, 2.45) is 12.8 Å². The van der Waals surface area contributed by atoms with Gasteiger partial charge in [0.05, 0.1) is 16.7 Å². The Morgan fingerprint density at radius 1 is 1.33 bits per heavy atom. The Morgan fingerprint density at radius 2 is 1.94 bits per heavy atom. The highest BCUT2D eigenvalue weighted by Crippen LogP contribution is 2.20. The van der Waals surface area contributed by atoms with Gasteiger partial charge in [0.15, 0.2) is 0 Å². The molecule has 1 aliphatic rings. The molecule has 0 aromatic carbocycles. The summed E-state index contributed by atoms with van der Waals surface area (Å²) in [4.78, 5) is 5.17. The van der Waals surface area contributed by atoms with E-state index in [4.69, 9.17) is 18.0 Å². The van der Waals surface area contributed by atoms with Crippen molar-refractivity contribution in [2.75, 3.05) is 31.1 Å². The maximum Gasteiger partial charge on any atom is 0.147 e. The zero-order valence-corrected chi connectivity index (χ0v) is 11.9. The summed E-state index contributed by atoms with van der Waals surface area (Å²) in [5.41, 5.74) is 5.59. The van der Waals surface area contributed by atoms with Crippen LogP contribution in [-0.4, -0.2) is 56.6 Å². The van der Waals surface area contributed by atoms with Gasteiger partial charge in [-0.1, -0.05) is 17.4 Å². The first-order chi connectivity index (χ1) is 8.43. The molecule has 1 aromatic rings. The molecule has 1 aromatic heterocycles. The van der Waals surface area contributed by atoms with E-state index >= 15 is 0 Å². The minimum atomic E-state index is -0.216. The number of hydrogen-bond acceptors (Lipinski definition) is 5. The Hall–Kier alpha value is -1.21. The fraction of sp³-hybridized carbons (Fsp3) is 0.727. The van der Waals surface area contributed by atoms with Gasteiger partial charge in [0.2, 0.25) is 0 Å². The lowest BCUT2D eigenvalue weighted by Crippen LogP contribution is -2.59. The number of nitrogens with two attached hydrogens (primary N) is 1. The van der Waals surface area contributed by atoms with Crippen LogP contribution in [0.5, 0.6) is 0 Å². The van der Waals surface area contributed by atoms with Crippen molar-refractivity contribution < 1.29 is 0 Å². The smallest absolute Gasteiger partial charge is 0.147 e. The molecule has 2 N–H and O–H groups in total. The van der Waals surface area contributed by atoms with Gasteiger partial charge < -0.3 is 10.6 Å². The summed E-state index contributed by atoms with van der Waals surface area (Å²) < 4.78 is 1.80. The highest BCUT2D eigenvalue weighted by atomic mass is 32.1. The van der Waals surface area contributed by atoms with Crippen LogP contribution in [0.4, 0.5) is 5.82 Å². The number of rotatable bonds is 3. The van der Waals surface area contributed by atoms with Gasteiger partial charge in [-0.25, -0.2) is 4.68 Å². The van der Waals surface area contributed by atoms with E-state index in [2.05, 4.69) is 34.0 Å². The van der Waals surface area contributed by atoms with Crippen molar-refractivity contribution in [3.05, 3.63) is 6.20 Å². The average Bonchev–Trinajstić information content (AvgIpc) is 2.75. The van der Waals surface area contributed by atoms with Crippen molar-refractivity contribution in [1.82, 2.24) is 19.9 Å². The zero-order chi connectivity index (χ0) is 13.3. The van der Waals surface area contributed by atoms with E-state index in [1.54, 1.807) is 10.9 Å². The Kier molecular flexibility index (Phi) is 3.54. The van der Waals surface area contributed by atoms with Gasteiger partial charge >= 0.3 is 0 Å². The molecule has 18 heavy (non-hydrogen) atoms. The molecule has 2 heterocycles. The van der Waals surface area contributed by atoms with Crippen LogP contribution in [0, 0.1) is 0 Å². The molecular weight excluding hydrogens is 248 g/mol. The highest BCUT2D eigenvalue weighted by Gasteiger charge is 2.32. The molecule has 100 valence electrons. The fourth-order valence-electron chi connectivity index (χ4n) is 2.22. The van der Waals surface area contributed by atoms with Gasteiger partial charge in [0.25, 0.3) is 0 Å². The molecule has 0 atom stereocenters. The normalized spacial score (nSPS) is 18.1. The Labute approximate surface area is 113 Å². The first kappa shape index (κ1) is 13.2. The third kappa shape index (κ3) is 2.32. The summed E-state index contributed by atoms with van der Waals surface area (Å²) in [5, 5.41) is 7.87. The van der Waals surface area contributed by atoms with Gasteiger partial charge in [0.1, 0.15) is 5.82 Å². The number of nitrogens with zero attached hydrogens (tertiary/aromatic N) is 5. The third-order valence-corrected chi connectivity index (χ3v) is 4.19. The first-order valence-electron chi connectivity index (χ1n) is 6.07. The predicted molar refractivity (Wildman–Crippen MR) is 75.7 cm³/mol. The second-order valence-electron chi connectivity index (χ2n) is 5.11. The second kappa shape index (κ2) is 4.81. The SMILES string of the molecule is Cn1nncc1N1CCN(C(C)(C)C(N)=S)CC1. The van der Waals surface area contributed by atoms with E-state index in [1.165, 1.54) is 0 Å². The van der Waals surface area contributed by atoms with Crippen molar-refractivity contribution in [2.45, 2.75) is 19.4 Å². The number of hydrogen-bond donors (Lipinski definition) is 1. The minimum absolute atomic E-state index is 0.216. The molecule has 0 saturated carbocycles. The molecule has 7 heteroatoms. The maximum atomic E-state index is 5.81. The van der Waals surface area contributed by atoms with Crippen LogP contribution in [0.25, 0.3) is 0 Å². The lowest BCUT2D eigenvalue weighted by molar-refractivity contribution is 0.167. The molecule has 0 spiro atoms. The lowest BCUT2D eigenvalue weighted by atomic mass is 10.0. The van der Waals surface area contributed by atoms with Crippen LogP contribution >= 0.6 is 12.2 Å². The predicted octanol–water partition coefficient (Wildman–Crippen LogP) is 0.00180. The lowest BCUT2D eigenvalue weighted by Gasteiger charge is -2.43. The number of anilines is 1. The van der Waals surface area contributed by atoms with Crippen molar-refractivity contribution >= 4 is 23.0 Å². The van der Waals surface area contributed by atoms with E-state index in [0.29, 0.717) is 4.99 Å². The average molecular weight is 268 g/mol. The summed E-state index contributed by atoms with van der Waals surface area (Å²) in [6.07, 6.45) is 1.80. The molecule has 1 fully saturated rings. The largest absolute Gasteiger partial charge is 0.392 e. The molecular formula is C11H20N6S. The molecule has 0 unspecified atom stereocenters. The van der Waals surface area contributed by atoms with Gasteiger partial charge in [0, 0.05) is 33.2 Å². The van der Waals surface area contributed by atoms with E-state index in [9.17, 15) is 0 Å². The van der Waals surface area contributed by atoms with Gasteiger partial charge in [-0.3, -0.25) is 4.90 Å². The van der Waals surface area contributed by atoms with E-state index in [0.717, 1.165) is 32.0 Å². The second-order valence-corrected chi connectivity index (χ2v) is 5.55. The van der Waals surface area contributed by atoms with Crippen molar-refractivity contribution in [1.29, 1.82) is 0 Å². The van der Waals surface area contributed by atoms with Gasteiger partial charge in [-0.15, -0.1) is 5.10 Å². The number of aryl methyl sites for hydroxylation is 1. The van der Waals surface area contributed by atoms with Crippen molar-refractivity contribution in [3.8, 4) is 0 Å². The molecule has 0 radical (unpaired) electrons. The van der Waals surface area contributed by atoms with Crippen LogP contribution < -0.4 is 10.6 Å². The Balaban J connectivity index is 2.01. The molecule has 2 rings (SSSR count). The fourth-order valence-corrected chi connectivity index (χ4v) is 2.35. The number of aromatic nitrogens is 3. The number of thiocarbonyl (C=S) groups is 1. The zero-order valence-electron chi connectivity index (χ0n) is 11.1. The molecule has 0 amide bonds. The molecule has 0 aliphatic carbocycles. The quantitative estimate of drug-likeness (QED) is 0.779. The van der Waals surface area contributed by atoms with E-state index < -0.39 is 0 Å².